The van der Waals surface area contributed by atoms with Gasteiger partial charge in [-0.25, -0.2) is 4.39 Å². The van der Waals surface area contributed by atoms with Crippen molar-refractivity contribution in [2.75, 3.05) is 30.1 Å². The van der Waals surface area contributed by atoms with Gasteiger partial charge in [0.2, 0.25) is 0 Å². The molecule has 1 saturated heterocycles. The molecule has 2 N–H and O–H groups in total. The maximum Gasteiger partial charge on any atom is 0.165 e. The zero-order chi connectivity index (χ0) is 16.2. The third kappa shape index (κ3) is 4.35. The van der Waals surface area contributed by atoms with Crippen LogP contribution in [0.25, 0.3) is 0 Å². The minimum atomic E-state index is -0.318. The number of halogens is 1. The first-order chi connectivity index (χ1) is 11.2. The lowest BCUT2D eigenvalue weighted by atomic mass is 9.75. The van der Waals surface area contributed by atoms with Gasteiger partial charge >= 0.3 is 0 Å². The number of methoxy groups -OCH3 is 1. The number of rotatable bonds is 5. The first kappa shape index (κ1) is 17.4. The number of benzene rings is 1. The second kappa shape index (κ2) is 8.10. The minimum Gasteiger partial charge on any atom is -0.494 e. The normalized spacial score (nSPS) is 27.1. The number of hydrogen-bond acceptors (Lipinski definition) is 5. The summed E-state index contributed by atoms with van der Waals surface area (Å²) in [5.74, 6) is 4.92. The van der Waals surface area contributed by atoms with Crippen molar-refractivity contribution >= 4 is 23.5 Å². The van der Waals surface area contributed by atoms with Crippen LogP contribution in [0.1, 0.15) is 24.4 Å². The minimum absolute atomic E-state index is 0.100. The fraction of sp³-hybridized carbons (Fsp3) is 0.647. The molecule has 0 aromatic heterocycles. The Kier molecular flexibility index (Phi) is 6.13. The largest absolute Gasteiger partial charge is 0.494 e. The van der Waals surface area contributed by atoms with Crippen LogP contribution in [0, 0.1) is 11.7 Å². The molecule has 0 unspecified atom stereocenters. The van der Waals surface area contributed by atoms with Crippen molar-refractivity contribution in [1.82, 2.24) is 5.32 Å². The quantitative estimate of drug-likeness (QED) is 0.848. The first-order valence-electron chi connectivity index (χ1n) is 8.10. The van der Waals surface area contributed by atoms with E-state index in [0.29, 0.717) is 12.0 Å². The van der Waals surface area contributed by atoms with Crippen molar-refractivity contribution in [3.8, 4) is 5.75 Å². The van der Waals surface area contributed by atoms with Crippen molar-refractivity contribution in [2.45, 2.75) is 31.0 Å². The van der Waals surface area contributed by atoms with E-state index in [-0.39, 0.29) is 23.7 Å². The highest BCUT2D eigenvalue weighted by Gasteiger charge is 2.36. The Balaban J connectivity index is 1.76. The van der Waals surface area contributed by atoms with Gasteiger partial charge in [0.1, 0.15) is 0 Å². The standard InChI is InChI=1S/C17H24FNO2S2/c1-21-16-3-2-11(8-15(16)18)17(12-6-14(20)7-12)19-13-9-22-4-5-23-10-13/h2-3,8,12-14,17,19-20H,4-7,9-10H2,1H3/t12?,14?,17-/m0/s1. The maximum absolute atomic E-state index is 14.1. The molecule has 1 aliphatic heterocycles. The monoisotopic (exact) mass is 357 g/mol. The average molecular weight is 358 g/mol. The van der Waals surface area contributed by atoms with Gasteiger partial charge in [0.25, 0.3) is 0 Å². The highest BCUT2D eigenvalue weighted by molar-refractivity contribution is 8.03. The summed E-state index contributed by atoms with van der Waals surface area (Å²) in [6.45, 7) is 0. The third-order valence-corrected chi connectivity index (χ3v) is 7.10. The molecule has 0 amide bonds. The van der Waals surface area contributed by atoms with Gasteiger partial charge in [0.15, 0.2) is 11.6 Å². The van der Waals surface area contributed by atoms with Crippen LogP contribution in [0.15, 0.2) is 18.2 Å². The molecule has 1 aromatic carbocycles. The molecule has 2 aliphatic rings. The van der Waals surface area contributed by atoms with E-state index >= 15 is 0 Å². The first-order valence-corrected chi connectivity index (χ1v) is 10.4. The van der Waals surface area contributed by atoms with Gasteiger partial charge in [-0.15, -0.1) is 0 Å². The molecule has 0 radical (unpaired) electrons. The summed E-state index contributed by atoms with van der Waals surface area (Å²) < 4.78 is 19.1. The summed E-state index contributed by atoms with van der Waals surface area (Å²) in [5, 5.41) is 13.4. The van der Waals surface area contributed by atoms with Crippen LogP contribution in [0.2, 0.25) is 0 Å². The topological polar surface area (TPSA) is 41.5 Å². The number of aliphatic hydroxyl groups is 1. The zero-order valence-electron chi connectivity index (χ0n) is 13.3. The summed E-state index contributed by atoms with van der Waals surface area (Å²) in [4.78, 5) is 0. The van der Waals surface area contributed by atoms with Gasteiger partial charge in [-0.3, -0.25) is 0 Å². The van der Waals surface area contributed by atoms with Gasteiger partial charge in [0, 0.05) is 35.1 Å². The van der Waals surface area contributed by atoms with Gasteiger partial charge in [-0.1, -0.05) is 6.07 Å². The Bertz CT molecular complexity index is 517. The molecule has 3 rings (SSSR count). The zero-order valence-corrected chi connectivity index (χ0v) is 15.0. The number of ether oxygens (including phenoxy) is 1. The Hall–Kier alpha value is -0.430. The maximum atomic E-state index is 14.1. The van der Waals surface area contributed by atoms with Crippen molar-refractivity contribution in [3.05, 3.63) is 29.6 Å². The summed E-state index contributed by atoms with van der Waals surface area (Å²) >= 11 is 3.96. The van der Waals surface area contributed by atoms with Crippen LogP contribution in [0.3, 0.4) is 0 Å². The van der Waals surface area contributed by atoms with E-state index < -0.39 is 0 Å². The SMILES string of the molecule is COc1ccc([C@H](NC2CSCCSC2)C2CC(O)C2)cc1F. The Labute approximate surface area is 145 Å². The van der Waals surface area contributed by atoms with E-state index in [4.69, 9.17) is 4.74 Å². The third-order valence-electron chi connectivity index (χ3n) is 4.58. The second-order valence-electron chi connectivity index (χ2n) is 6.27. The number of nitrogens with one attached hydrogen (secondary N) is 1. The van der Waals surface area contributed by atoms with E-state index in [1.165, 1.54) is 18.6 Å². The van der Waals surface area contributed by atoms with Crippen molar-refractivity contribution in [3.63, 3.8) is 0 Å². The van der Waals surface area contributed by atoms with Gasteiger partial charge in [-0.05, 0) is 36.5 Å². The van der Waals surface area contributed by atoms with Gasteiger partial charge in [0.05, 0.1) is 13.2 Å². The van der Waals surface area contributed by atoms with Crippen LogP contribution in [0.5, 0.6) is 5.75 Å². The van der Waals surface area contributed by atoms with Crippen LogP contribution >= 0.6 is 23.5 Å². The summed E-state index contributed by atoms with van der Waals surface area (Å²) in [6.07, 6.45) is 1.38. The molecule has 0 spiro atoms. The van der Waals surface area contributed by atoms with E-state index in [9.17, 15) is 9.50 Å². The lowest BCUT2D eigenvalue weighted by Crippen LogP contribution is -2.44. The number of hydrogen-bond donors (Lipinski definition) is 2. The van der Waals surface area contributed by atoms with Crippen LogP contribution in [0.4, 0.5) is 4.39 Å². The lowest BCUT2D eigenvalue weighted by molar-refractivity contribution is 0.0227. The highest BCUT2D eigenvalue weighted by Crippen LogP contribution is 2.39. The molecule has 1 atom stereocenters. The van der Waals surface area contributed by atoms with E-state index in [1.54, 1.807) is 12.1 Å². The van der Waals surface area contributed by atoms with Crippen LogP contribution < -0.4 is 10.1 Å². The van der Waals surface area contributed by atoms with Gasteiger partial charge in [-0.2, -0.15) is 23.5 Å². The number of aliphatic hydroxyl groups excluding tert-OH is 1. The molecular formula is C17H24FNO2S2. The fourth-order valence-corrected chi connectivity index (χ4v) is 5.67. The van der Waals surface area contributed by atoms with Crippen molar-refractivity contribution < 1.29 is 14.2 Å². The molecule has 3 nitrogen and oxygen atoms in total. The molecule has 6 heteroatoms. The molecule has 1 aromatic rings. The van der Waals surface area contributed by atoms with E-state index in [0.717, 1.165) is 29.9 Å². The summed E-state index contributed by atoms with van der Waals surface area (Å²) in [5.41, 5.74) is 0.958. The lowest BCUT2D eigenvalue weighted by Gasteiger charge is -2.40. The Morgan fingerprint density at radius 1 is 1.26 bits per heavy atom. The molecule has 0 bridgehead atoms. The summed E-state index contributed by atoms with van der Waals surface area (Å²) in [7, 11) is 1.48. The number of thioether (sulfide) groups is 2. The van der Waals surface area contributed by atoms with E-state index in [2.05, 4.69) is 5.32 Å². The van der Waals surface area contributed by atoms with Crippen LogP contribution in [-0.4, -0.2) is 47.4 Å². The molecule has 2 fully saturated rings. The smallest absolute Gasteiger partial charge is 0.165 e. The molecule has 1 saturated carbocycles. The fourth-order valence-electron chi connectivity index (χ4n) is 3.25. The Morgan fingerprint density at radius 3 is 2.52 bits per heavy atom. The van der Waals surface area contributed by atoms with E-state index in [1.807, 2.05) is 29.6 Å². The second-order valence-corrected chi connectivity index (χ2v) is 8.57. The highest BCUT2D eigenvalue weighted by atomic mass is 32.2. The van der Waals surface area contributed by atoms with Crippen LogP contribution in [-0.2, 0) is 0 Å². The molecule has 1 heterocycles. The Morgan fingerprint density at radius 2 is 1.96 bits per heavy atom. The van der Waals surface area contributed by atoms with Gasteiger partial charge < -0.3 is 15.2 Å². The van der Waals surface area contributed by atoms with Crippen molar-refractivity contribution in [1.29, 1.82) is 0 Å². The molecule has 128 valence electrons. The average Bonchev–Trinajstić information content (AvgIpc) is 2.78. The molecule has 1 aliphatic carbocycles. The van der Waals surface area contributed by atoms with Crippen molar-refractivity contribution in [2.24, 2.45) is 5.92 Å². The predicted molar refractivity (Wildman–Crippen MR) is 96.0 cm³/mol. The predicted octanol–water partition coefficient (Wildman–Crippen LogP) is 3.08. The molecular weight excluding hydrogens is 333 g/mol. The summed E-state index contributed by atoms with van der Waals surface area (Å²) in [6, 6.07) is 5.76. The molecule has 23 heavy (non-hydrogen) atoms.